The third kappa shape index (κ3) is 14.4. The number of furan rings is 4. The maximum absolute atomic E-state index is 8.52. The molecule has 0 spiro atoms. The van der Waals surface area contributed by atoms with Crippen molar-refractivity contribution in [2.45, 2.75) is 122 Å². The van der Waals surface area contributed by atoms with Gasteiger partial charge in [0, 0.05) is 106 Å². The van der Waals surface area contributed by atoms with Crippen LogP contribution in [0.4, 0.5) is 22.7 Å². The molecule has 548 valence electrons. The molecule has 12 heteroatoms. The number of hydrogen-bond acceptors (Lipinski definition) is 4. The average molecular weight is 1460 g/mol. The summed E-state index contributed by atoms with van der Waals surface area (Å²) in [5.41, 5.74) is 18.0. The monoisotopic (exact) mass is 1460 g/mol. The lowest BCUT2D eigenvalue weighted by Gasteiger charge is -2.07. The quantitative estimate of drug-likeness (QED) is 0.0901. The Morgan fingerprint density at radius 2 is 0.691 bits per heavy atom. The van der Waals surface area contributed by atoms with Crippen molar-refractivity contribution < 1.29 is 56.5 Å². The Morgan fingerprint density at radius 1 is 0.355 bits per heavy atom. The van der Waals surface area contributed by atoms with Gasteiger partial charge >= 0.3 is 0 Å². The molecule has 8 heterocycles. The van der Waals surface area contributed by atoms with E-state index in [9.17, 15) is 0 Å². The summed E-state index contributed by atoms with van der Waals surface area (Å²) >= 11 is 0. The number of rotatable bonds is 12. The minimum absolute atomic E-state index is 0.116. The van der Waals surface area contributed by atoms with Gasteiger partial charge in [0.15, 0.2) is 24.8 Å². The molecule has 0 N–H and O–H groups in total. The molecule has 16 rings (SSSR count). The zero-order chi connectivity index (χ0) is 91.4. The molecule has 0 fully saturated rings. The summed E-state index contributed by atoms with van der Waals surface area (Å²) in [6.45, 7) is 53.3. The third-order valence-electron chi connectivity index (χ3n) is 19.5. The van der Waals surface area contributed by atoms with Crippen LogP contribution in [0.5, 0.6) is 0 Å². The topological polar surface area (TPSA) is 85.5 Å². The van der Waals surface area contributed by atoms with E-state index in [1.165, 1.54) is 4.57 Å². The van der Waals surface area contributed by atoms with E-state index >= 15 is 0 Å². The van der Waals surface area contributed by atoms with Crippen LogP contribution in [0, 0.1) is 91.4 Å². The highest BCUT2D eigenvalue weighted by Crippen LogP contribution is 2.47. The molecule has 0 unspecified atom stereocenters. The molecule has 0 bridgehead atoms. The first-order valence-corrected chi connectivity index (χ1v) is 36.6. The Balaban J connectivity index is 0.000000143. The van der Waals surface area contributed by atoms with Crippen molar-refractivity contribution in [3.63, 3.8) is 0 Å². The van der Waals surface area contributed by atoms with Crippen molar-refractivity contribution in [2.24, 2.45) is 51.9 Å². The fourth-order valence-electron chi connectivity index (χ4n) is 14.5. The van der Waals surface area contributed by atoms with Gasteiger partial charge in [-0.25, -0.2) is 37.6 Å². The highest BCUT2D eigenvalue weighted by atomic mass is 16.3. The lowest BCUT2D eigenvalue weighted by Crippen LogP contribution is -2.31. The standard InChI is InChI=1S/2C25H25N2O.2C24H23N2O/c1-15(2)13-18-9-11-20-19-10-8-17(4)22(21-12-7-16(3)14-27(21)6)24(19)28-25(20)23(18)26-5;1-15(2)13-18-8-10-20-19-9-7-17(4)22(21-14-16(3)11-12-27(21)6)24(19)28-25(20)23(18)26-5;2*1-15(2)14-17-10-12-19-18-11-9-16(3)21(20-8-6-7-13-26(20)5)23(18)27-24(19)22(17)25-4/h2*7-12,14-15H,13H2,1-4,6H3;2*6-13,15H,14H2,1-3,5H3/q4*+1/i3D3,13D2;13D2;6D,7D,8D,13D,14D2;14D2. The van der Waals surface area contributed by atoms with Gasteiger partial charge in [-0.1, -0.05) is 152 Å². The Bertz CT molecular complexity index is 7270. The first-order valence-electron chi connectivity index (χ1n) is 44.1. The smallest absolute Gasteiger partial charge is 0.232 e. The SMILES string of the molecule is [2H]C([2H])([2H])c1ccc(-c2c(C)ccc3c2oc2c([N+]#[C-])c(C([2H])([2H])C(C)C)ccc23)[n+](C)c1.[2H]C([2H])(c1ccc2c(oc3c(-c4cc(C)cc[n+]4C)c(C)ccc32)c1[N+]#[C-])C(C)C.[2H]C([2H])(c1ccc2c(oc3c(-c4cccc[n+]4C)c(C)ccc32)c1[N+]#[C-])C(C)C.[2H]c1c([2H])c([2H])[n+](C)c(-c2c(C)ccc3c2oc2c([N+]#[C-])c(C([2H])([2H])C(C)C)ccc23)c1[2H]. The van der Waals surface area contributed by atoms with Gasteiger partial charge < -0.3 is 17.7 Å². The maximum atomic E-state index is 8.52. The van der Waals surface area contributed by atoms with E-state index in [-0.39, 0.29) is 93.1 Å². The molecule has 0 atom stereocenters. The number of aromatic nitrogens is 4. The highest BCUT2D eigenvalue weighted by molar-refractivity contribution is 6.17. The fraction of sp³-hybridized carbons (Fsp3) is 0.265. The molecular formula is C98H96N8O4+4. The highest BCUT2D eigenvalue weighted by Gasteiger charge is 2.28. The van der Waals surface area contributed by atoms with Gasteiger partial charge in [0.2, 0.25) is 45.5 Å². The molecule has 8 aromatic heterocycles. The van der Waals surface area contributed by atoms with Crippen molar-refractivity contribution in [1.82, 2.24) is 0 Å². The van der Waals surface area contributed by atoms with Crippen LogP contribution < -0.4 is 18.3 Å². The van der Waals surface area contributed by atoms with E-state index in [1.54, 1.807) is 95.0 Å². The molecule has 0 aliphatic heterocycles. The number of fused-ring (bicyclic) bond motifs is 12. The van der Waals surface area contributed by atoms with Crippen LogP contribution in [0.15, 0.2) is 200 Å². The van der Waals surface area contributed by atoms with Crippen molar-refractivity contribution >= 4 is 111 Å². The zero-order valence-electron chi connectivity index (χ0n) is 80.0. The second kappa shape index (κ2) is 31.4. The summed E-state index contributed by atoms with van der Waals surface area (Å²) in [6, 6.07) is 42.7. The Hall–Kier alpha value is -12.5. The van der Waals surface area contributed by atoms with Crippen molar-refractivity contribution in [3.05, 3.63) is 284 Å². The first-order chi connectivity index (χ1) is 58.7. The van der Waals surface area contributed by atoms with Crippen molar-refractivity contribution in [1.29, 1.82) is 0 Å². The second-order valence-electron chi connectivity index (χ2n) is 29.1. The Kier molecular flexibility index (Phi) is 16.7. The molecule has 12 nitrogen and oxygen atoms in total. The molecule has 0 aliphatic rings. The number of aryl methyl sites for hydroxylation is 9. The number of pyridine rings is 4. The maximum Gasteiger partial charge on any atom is 0.232 e. The molecule has 16 aromatic rings. The average Bonchev–Trinajstić information content (AvgIpc) is 1.58. The van der Waals surface area contributed by atoms with Crippen LogP contribution in [-0.4, -0.2) is 0 Å². The van der Waals surface area contributed by atoms with E-state index in [1.807, 2.05) is 152 Å². The second-order valence-corrected chi connectivity index (χ2v) is 29.1. The van der Waals surface area contributed by atoms with Gasteiger partial charge in [-0.2, -0.15) is 0 Å². The lowest BCUT2D eigenvalue weighted by atomic mass is 9.97. The largest absolute Gasteiger partial charge is 0.466 e. The van der Waals surface area contributed by atoms with E-state index < -0.39 is 32.3 Å². The molecule has 0 amide bonds. The summed E-state index contributed by atoms with van der Waals surface area (Å²) in [7, 11) is 7.38. The summed E-state index contributed by atoms with van der Waals surface area (Å²) in [5.74, 6) is -1.18. The zero-order valence-corrected chi connectivity index (χ0v) is 65.0. The van der Waals surface area contributed by atoms with Gasteiger partial charge in [0.1, 0.15) is 74.2 Å². The Labute approximate surface area is 667 Å². The summed E-state index contributed by atoms with van der Waals surface area (Å²) in [6.07, 6.45) is -1.19. The van der Waals surface area contributed by atoms with Crippen LogP contribution in [0.2, 0.25) is 0 Å². The van der Waals surface area contributed by atoms with E-state index in [0.29, 0.717) is 60.9 Å². The molecule has 8 aromatic carbocycles. The van der Waals surface area contributed by atoms with Crippen LogP contribution >= 0.6 is 0 Å². The van der Waals surface area contributed by atoms with Crippen molar-refractivity contribution in [3.8, 4) is 45.0 Å². The predicted molar refractivity (Wildman–Crippen MR) is 449 cm³/mol. The normalized spacial score (nSPS) is 14.1. The van der Waals surface area contributed by atoms with Gasteiger partial charge in [-0.15, -0.1) is 0 Å². The van der Waals surface area contributed by atoms with E-state index in [2.05, 4.69) is 62.1 Å². The predicted octanol–water partition coefficient (Wildman–Crippen LogP) is 25.2. The lowest BCUT2D eigenvalue weighted by molar-refractivity contribution is -0.660. The molecule has 0 aliphatic carbocycles. The van der Waals surface area contributed by atoms with Crippen LogP contribution in [0.1, 0.15) is 132 Å². The van der Waals surface area contributed by atoms with Crippen LogP contribution in [0.25, 0.3) is 152 Å². The van der Waals surface area contributed by atoms with E-state index in [4.69, 9.17) is 64.5 Å². The number of nitrogens with zero attached hydrogens (tertiary/aromatic N) is 8. The molecule has 0 saturated carbocycles. The summed E-state index contributed by atoms with van der Waals surface area (Å²) in [5, 5.41) is 6.49. The Morgan fingerprint density at radius 3 is 1.04 bits per heavy atom. The van der Waals surface area contributed by atoms with Gasteiger partial charge in [-0.3, -0.25) is 0 Å². The van der Waals surface area contributed by atoms with E-state index in [0.717, 1.165) is 105 Å². The minimum atomic E-state index is -2.20. The fourth-order valence-corrected chi connectivity index (χ4v) is 14.5. The molecule has 0 saturated heterocycles. The summed E-state index contributed by atoms with van der Waals surface area (Å²) < 4.78 is 156. The third-order valence-corrected chi connectivity index (χ3v) is 19.5. The van der Waals surface area contributed by atoms with Gasteiger partial charge in [-0.05, 0) is 159 Å². The molecule has 110 heavy (non-hydrogen) atoms. The number of benzene rings is 8. The molecule has 0 radical (unpaired) electrons. The van der Waals surface area contributed by atoms with Gasteiger partial charge in [0.05, 0.1) is 52.7 Å². The first kappa shape index (κ1) is 58.6. The van der Waals surface area contributed by atoms with Gasteiger partial charge in [0.25, 0.3) is 0 Å². The minimum Gasteiger partial charge on any atom is -0.466 e. The van der Waals surface area contributed by atoms with Crippen molar-refractivity contribution in [2.75, 3.05) is 0 Å². The number of hydrogen-bond donors (Lipinski definition) is 0. The molecular weight excluding hydrogens is 1350 g/mol. The summed E-state index contributed by atoms with van der Waals surface area (Å²) in [4.78, 5) is 14.7. The van der Waals surface area contributed by atoms with Crippen LogP contribution in [0.3, 0.4) is 0 Å². The van der Waals surface area contributed by atoms with Crippen LogP contribution in [-0.2, 0) is 53.7 Å².